The van der Waals surface area contributed by atoms with Crippen molar-refractivity contribution < 1.29 is 8.42 Å². The summed E-state index contributed by atoms with van der Waals surface area (Å²) < 4.78 is 25.6. The van der Waals surface area contributed by atoms with Crippen LogP contribution in [0.2, 0.25) is 10.2 Å². The highest BCUT2D eigenvalue weighted by Crippen LogP contribution is 2.30. The molecule has 0 atom stereocenters. The second kappa shape index (κ2) is 7.16. The van der Waals surface area contributed by atoms with Crippen molar-refractivity contribution in [1.29, 1.82) is 0 Å². The number of aromatic nitrogens is 1. The second-order valence-corrected chi connectivity index (χ2v) is 8.42. The van der Waals surface area contributed by atoms with Crippen molar-refractivity contribution in [3.8, 4) is 11.3 Å². The van der Waals surface area contributed by atoms with E-state index in [1.54, 1.807) is 37.3 Å². The van der Waals surface area contributed by atoms with E-state index in [1.807, 2.05) is 30.3 Å². The minimum absolute atomic E-state index is 0.00665. The van der Waals surface area contributed by atoms with Gasteiger partial charge in [0, 0.05) is 10.6 Å². The minimum atomic E-state index is -3.62. The van der Waals surface area contributed by atoms with E-state index < -0.39 is 9.84 Å². The van der Waals surface area contributed by atoms with Gasteiger partial charge in [-0.2, -0.15) is 0 Å². The topological polar surface area (TPSA) is 47.0 Å². The lowest BCUT2D eigenvalue weighted by molar-refractivity contribution is 0.594. The summed E-state index contributed by atoms with van der Waals surface area (Å²) in [5, 5.41) is 0.553. The van der Waals surface area contributed by atoms with E-state index in [-0.39, 0.29) is 15.8 Å². The first-order valence-corrected chi connectivity index (χ1v) is 9.97. The molecule has 0 saturated carbocycles. The third-order valence-electron chi connectivity index (χ3n) is 3.77. The summed E-state index contributed by atoms with van der Waals surface area (Å²) in [7, 11) is -3.62. The fraction of sp³-hybridized carbons (Fsp3) is 0.105. The van der Waals surface area contributed by atoms with Crippen LogP contribution >= 0.6 is 23.2 Å². The molecule has 0 aliphatic carbocycles. The van der Waals surface area contributed by atoms with Crippen molar-refractivity contribution in [1.82, 2.24) is 4.98 Å². The Morgan fingerprint density at radius 1 is 0.960 bits per heavy atom. The summed E-state index contributed by atoms with van der Waals surface area (Å²) in [4.78, 5) is 4.36. The van der Waals surface area contributed by atoms with Crippen LogP contribution in [0.5, 0.6) is 0 Å². The molecule has 6 heteroatoms. The third-order valence-corrected chi connectivity index (χ3v) is 6.26. The summed E-state index contributed by atoms with van der Waals surface area (Å²) in [6.45, 7) is 1.73. The number of rotatable bonds is 4. The number of halogens is 2. The van der Waals surface area contributed by atoms with Gasteiger partial charge < -0.3 is 0 Å². The molecule has 1 heterocycles. The number of hydrogen-bond donors (Lipinski definition) is 0. The Morgan fingerprint density at radius 2 is 1.60 bits per heavy atom. The van der Waals surface area contributed by atoms with E-state index in [0.717, 1.165) is 5.56 Å². The summed E-state index contributed by atoms with van der Waals surface area (Å²) >= 11 is 12.1. The molecule has 0 bridgehead atoms. The Kier molecular flexibility index (Phi) is 5.13. The van der Waals surface area contributed by atoms with Gasteiger partial charge >= 0.3 is 0 Å². The predicted octanol–water partition coefficient (Wildman–Crippen LogP) is 5.34. The van der Waals surface area contributed by atoms with Gasteiger partial charge in [-0.3, -0.25) is 0 Å². The zero-order valence-corrected chi connectivity index (χ0v) is 15.7. The first-order valence-electron chi connectivity index (χ1n) is 7.56. The van der Waals surface area contributed by atoms with E-state index in [4.69, 9.17) is 23.2 Å². The molecule has 3 aromatic rings. The lowest BCUT2D eigenvalue weighted by Gasteiger charge is -2.12. The van der Waals surface area contributed by atoms with E-state index in [1.165, 1.54) is 0 Å². The lowest BCUT2D eigenvalue weighted by Crippen LogP contribution is -2.09. The summed E-state index contributed by atoms with van der Waals surface area (Å²) in [5.41, 5.74) is 2.75. The molecule has 0 N–H and O–H groups in total. The molecular formula is C19H15Cl2NO2S. The van der Waals surface area contributed by atoms with Crippen molar-refractivity contribution in [2.24, 2.45) is 0 Å². The maximum absolute atomic E-state index is 12.8. The molecule has 25 heavy (non-hydrogen) atoms. The highest BCUT2D eigenvalue weighted by Gasteiger charge is 2.23. The summed E-state index contributed by atoms with van der Waals surface area (Å²) in [5.74, 6) is -0.156. The maximum atomic E-state index is 12.8. The molecule has 1 aromatic heterocycles. The smallest absolute Gasteiger partial charge is 0.185 e. The number of nitrogens with zero attached hydrogens (tertiary/aromatic N) is 1. The van der Waals surface area contributed by atoms with E-state index in [9.17, 15) is 8.42 Å². The second-order valence-electron chi connectivity index (χ2n) is 5.70. The predicted molar refractivity (Wildman–Crippen MR) is 102 cm³/mol. The minimum Gasteiger partial charge on any atom is -0.235 e. The van der Waals surface area contributed by atoms with Crippen LogP contribution in [0.1, 0.15) is 11.1 Å². The van der Waals surface area contributed by atoms with Crippen LogP contribution in [0.15, 0.2) is 65.6 Å². The molecule has 0 fully saturated rings. The average molecular weight is 392 g/mol. The fourth-order valence-electron chi connectivity index (χ4n) is 2.62. The summed E-state index contributed by atoms with van der Waals surface area (Å²) in [6, 6.07) is 18.0. The van der Waals surface area contributed by atoms with Crippen molar-refractivity contribution in [2.75, 3.05) is 0 Å². The van der Waals surface area contributed by atoms with Gasteiger partial charge in [-0.15, -0.1) is 0 Å². The molecule has 0 aliphatic heterocycles. The van der Waals surface area contributed by atoms with E-state index in [2.05, 4.69) is 4.98 Å². The zero-order valence-electron chi connectivity index (χ0n) is 13.4. The Labute approximate surface area is 157 Å². The Bertz CT molecular complexity index is 978. The van der Waals surface area contributed by atoms with Crippen LogP contribution in [-0.2, 0) is 15.6 Å². The molecule has 0 unspecified atom stereocenters. The standard InChI is InChI=1S/C19H15Cl2NO2S/c1-13-11-17(15-5-3-2-4-6-15)22-19(21)18(13)25(23,24)12-14-7-9-16(20)10-8-14/h2-11H,12H2,1H3. The van der Waals surface area contributed by atoms with Gasteiger partial charge in [0.15, 0.2) is 9.84 Å². The van der Waals surface area contributed by atoms with Crippen molar-refractivity contribution in [3.63, 3.8) is 0 Å². The number of sulfone groups is 1. The van der Waals surface area contributed by atoms with E-state index in [0.29, 0.717) is 21.8 Å². The number of hydrogen-bond acceptors (Lipinski definition) is 3. The van der Waals surface area contributed by atoms with Crippen LogP contribution in [-0.4, -0.2) is 13.4 Å². The van der Waals surface area contributed by atoms with Crippen LogP contribution in [0.25, 0.3) is 11.3 Å². The zero-order chi connectivity index (χ0) is 18.0. The normalized spacial score (nSPS) is 11.5. The van der Waals surface area contributed by atoms with Crippen molar-refractivity contribution in [3.05, 3.63) is 82.0 Å². The molecular weight excluding hydrogens is 377 g/mol. The highest BCUT2D eigenvalue weighted by atomic mass is 35.5. The van der Waals surface area contributed by atoms with Gasteiger partial charge in [0.1, 0.15) is 10.0 Å². The van der Waals surface area contributed by atoms with Gasteiger partial charge in [0.2, 0.25) is 0 Å². The quantitative estimate of drug-likeness (QED) is 0.564. The molecule has 0 spiro atoms. The largest absolute Gasteiger partial charge is 0.235 e. The van der Waals surface area contributed by atoms with Crippen LogP contribution in [0.4, 0.5) is 0 Å². The first kappa shape index (κ1) is 17.9. The SMILES string of the molecule is Cc1cc(-c2ccccc2)nc(Cl)c1S(=O)(=O)Cc1ccc(Cl)cc1. The molecule has 128 valence electrons. The number of pyridine rings is 1. The van der Waals surface area contributed by atoms with Crippen LogP contribution in [0.3, 0.4) is 0 Å². The molecule has 3 rings (SSSR count). The van der Waals surface area contributed by atoms with E-state index >= 15 is 0 Å². The Hall–Kier alpha value is -1.88. The number of aryl methyl sites for hydroxylation is 1. The number of benzene rings is 2. The molecule has 0 radical (unpaired) electrons. The van der Waals surface area contributed by atoms with Gasteiger partial charge in [-0.05, 0) is 36.2 Å². The average Bonchev–Trinajstić information content (AvgIpc) is 2.56. The molecule has 0 aliphatic rings. The Balaban J connectivity index is 2.00. The first-order chi connectivity index (χ1) is 11.9. The van der Waals surface area contributed by atoms with Gasteiger partial charge in [-0.25, -0.2) is 13.4 Å². The van der Waals surface area contributed by atoms with Crippen molar-refractivity contribution in [2.45, 2.75) is 17.6 Å². The Morgan fingerprint density at radius 3 is 2.20 bits per heavy atom. The highest BCUT2D eigenvalue weighted by molar-refractivity contribution is 7.90. The van der Waals surface area contributed by atoms with Gasteiger partial charge in [0.25, 0.3) is 0 Å². The monoisotopic (exact) mass is 391 g/mol. The lowest BCUT2D eigenvalue weighted by atomic mass is 10.1. The summed E-state index contributed by atoms with van der Waals surface area (Å²) in [6.07, 6.45) is 0. The molecule has 3 nitrogen and oxygen atoms in total. The molecule has 0 saturated heterocycles. The van der Waals surface area contributed by atoms with Gasteiger partial charge in [-0.1, -0.05) is 65.7 Å². The molecule has 2 aromatic carbocycles. The van der Waals surface area contributed by atoms with Crippen LogP contribution in [0, 0.1) is 6.92 Å². The van der Waals surface area contributed by atoms with Gasteiger partial charge in [0.05, 0.1) is 11.4 Å². The maximum Gasteiger partial charge on any atom is 0.185 e. The van der Waals surface area contributed by atoms with Crippen molar-refractivity contribution >= 4 is 33.0 Å². The molecule has 0 amide bonds. The third kappa shape index (κ3) is 4.03. The fourth-order valence-corrected chi connectivity index (χ4v) is 4.97. The van der Waals surface area contributed by atoms with Crippen LogP contribution < -0.4 is 0 Å².